The number of carbonyl (C=O) groups is 1. The second-order valence-electron chi connectivity index (χ2n) is 5.72. The normalized spacial score (nSPS) is 19.6. The topological polar surface area (TPSA) is 29.5 Å². The third-order valence-electron chi connectivity index (χ3n) is 4.37. The molecule has 0 amide bonds. The quantitative estimate of drug-likeness (QED) is 0.694. The van der Waals surface area contributed by atoms with Crippen molar-refractivity contribution in [1.82, 2.24) is 4.90 Å². The molecule has 0 radical (unpaired) electrons. The number of methoxy groups -OCH3 is 1. The number of hydrogen-bond acceptors (Lipinski definition) is 3. The Balaban J connectivity index is 2.85. The van der Waals surface area contributed by atoms with Crippen molar-refractivity contribution in [3.8, 4) is 0 Å². The molecular formula is C13H25NO2. The largest absolute Gasteiger partial charge is 0.469 e. The van der Waals surface area contributed by atoms with E-state index in [-0.39, 0.29) is 11.5 Å². The summed E-state index contributed by atoms with van der Waals surface area (Å²) in [7, 11) is 1.47. The molecule has 1 rings (SSSR count). The average molecular weight is 227 g/mol. The van der Waals surface area contributed by atoms with Gasteiger partial charge >= 0.3 is 5.97 Å². The number of carbonyl (C=O) groups excluding carboxylic acids is 1. The first kappa shape index (κ1) is 13.5. The van der Waals surface area contributed by atoms with Crippen LogP contribution in [-0.2, 0) is 9.53 Å². The van der Waals surface area contributed by atoms with Crippen LogP contribution in [0.15, 0.2) is 0 Å². The first-order valence-corrected chi connectivity index (χ1v) is 6.17. The Morgan fingerprint density at radius 3 is 2.00 bits per heavy atom. The number of esters is 1. The second kappa shape index (κ2) is 4.74. The Hall–Kier alpha value is -0.570. The maximum absolute atomic E-state index is 11.9. The Kier molecular flexibility index (Phi) is 4.00. The van der Waals surface area contributed by atoms with E-state index in [0.717, 1.165) is 13.1 Å². The van der Waals surface area contributed by atoms with E-state index < -0.39 is 5.41 Å². The molecule has 0 aromatic rings. The highest BCUT2D eigenvalue weighted by atomic mass is 16.5. The van der Waals surface area contributed by atoms with E-state index in [1.54, 1.807) is 0 Å². The molecule has 16 heavy (non-hydrogen) atoms. The fraction of sp³-hybridized carbons (Fsp3) is 0.923. The van der Waals surface area contributed by atoms with Gasteiger partial charge in [0.25, 0.3) is 0 Å². The van der Waals surface area contributed by atoms with Crippen LogP contribution in [0.2, 0.25) is 0 Å². The Morgan fingerprint density at radius 2 is 1.56 bits per heavy atom. The van der Waals surface area contributed by atoms with Gasteiger partial charge in [-0.2, -0.15) is 0 Å². The SMILES string of the molecule is COC(=O)C(C)(C)C(C)(C)N1CCCCC1. The van der Waals surface area contributed by atoms with Gasteiger partial charge in [0.1, 0.15) is 0 Å². The molecule has 0 bridgehead atoms. The van der Waals surface area contributed by atoms with E-state index in [1.807, 2.05) is 13.8 Å². The zero-order valence-electron chi connectivity index (χ0n) is 11.3. The third kappa shape index (κ3) is 2.24. The average Bonchev–Trinajstić information content (AvgIpc) is 2.28. The van der Waals surface area contributed by atoms with Crippen LogP contribution in [0, 0.1) is 5.41 Å². The number of ether oxygens (including phenoxy) is 1. The first-order chi connectivity index (χ1) is 7.34. The molecule has 0 aromatic carbocycles. The van der Waals surface area contributed by atoms with E-state index in [0.29, 0.717) is 0 Å². The zero-order valence-corrected chi connectivity index (χ0v) is 11.3. The van der Waals surface area contributed by atoms with Gasteiger partial charge in [-0.1, -0.05) is 6.42 Å². The number of nitrogens with zero attached hydrogens (tertiary/aromatic N) is 1. The molecule has 0 saturated carbocycles. The number of rotatable bonds is 3. The fourth-order valence-electron chi connectivity index (χ4n) is 2.35. The van der Waals surface area contributed by atoms with Gasteiger partial charge in [0.2, 0.25) is 0 Å². The molecule has 1 heterocycles. The van der Waals surface area contributed by atoms with Crippen molar-refractivity contribution in [2.75, 3.05) is 20.2 Å². The monoisotopic (exact) mass is 227 g/mol. The van der Waals surface area contributed by atoms with Crippen LogP contribution < -0.4 is 0 Å². The van der Waals surface area contributed by atoms with Gasteiger partial charge < -0.3 is 4.74 Å². The van der Waals surface area contributed by atoms with E-state index in [4.69, 9.17) is 4.74 Å². The van der Waals surface area contributed by atoms with Gasteiger partial charge in [-0.15, -0.1) is 0 Å². The van der Waals surface area contributed by atoms with Gasteiger partial charge in [-0.05, 0) is 53.6 Å². The maximum Gasteiger partial charge on any atom is 0.313 e. The molecule has 0 spiro atoms. The lowest BCUT2D eigenvalue weighted by molar-refractivity contribution is -0.160. The van der Waals surface area contributed by atoms with Crippen LogP contribution in [-0.4, -0.2) is 36.6 Å². The molecule has 0 N–H and O–H groups in total. The molecule has 0 unspecified atom stereocenters. The van der Waals surface area contributed by atoms with Gasteiger partial charge in [0.15, 0.2) is 0 Å². The summed E-state index contributed by atoms with van der Waals surface area (Å²) in [5.41, 5.74) is -0.625. The molecule has 1 saturated heterocycles. The molecule has 1 aliphatic heterocycles. The summed E-state index contributed by atoms with van der Waals surface area (Å²) < 4.78 is 4.93. The fourth-order valence-corrected chi connectivity index (χ4v) is 2.35. The predicted molar refractivity (Wildman–Crippen MR) is 65.3 cm³/mol. The molecule has 1 aliphatic rings. The van der Waals surface area contributed by atoms with Crippen molar-refractivity contribution >= 4 is 5.97 Å². The maximum atomic E-state index is 11.9. The third-order valence-corrected chi connectivity index (χ3v) is 4.37. The number of piperidine rings is 1. The minimum Gasteiger partial charge on any atom is -0.469 e. The lowest BCUT2D eigenvalue weighted by atomic mass is 9.72. The van der Waals surface area contributed by atoms with Gasteiger partial charge in [0, 0.05) is 5.54 Å². The van der Waals surface area contributed by atoms with Gasteiger partial charge in [-0.25, -0.2) is 0 Å². The Morgan fingerprint density at radius 1 is 1.06 bits per heavy atom. The van der Waals surface area contributed by atoms with Gasteiger partial charge in [-0.3, -0.25) is 9.69 Å². The smallest absolute Gasteiger partial charge is 0.313 e. The highest BCUT2D eigenvalue weighted by Gasteiger charge is 2.47. The van der Waals surface area contributed by atoms with E-state index >= 15 is 0 Å². The molecule has 1 fully saturated rings. The van der Waals surface area contributed by atoms with Gasteiger partial charge in [0.05, 0.1) is 12.5 Å². The van der Waals surface area contributed by atoms with Crippen LogP contribution in [0.5, 0.6) is 0 Å². The van der Waals surface area contributed by atoms with Crippen LogP contribution in [0.4, 0.5) is 0 Å². The van der Waals surface area contributed by atoms with Crippen molar-refractivity contribution in [1.29, 1.82) is 0 Å². The highest BCUT2D eigenvalue weighted by molar-refractivity contribution is 5.77. The van der Waals surface area contributed by atoms with Crippen molar-refractivity contribution in [2.45, 2.75) is 52.5 Å². The van der Waals surface area contributed by atoms with E-state index in [2.05, 4.69) is 18.7 Å². The summed E-state index contributed by atoms with van der Waals surface area (Å²) in [6, 6.07) is 0. The zero-order chi connectivity index (χ0) is 12.4. The van der Waals surface area contributed by atoms with Crippen molar-refractivity contribution in [3.63, 3.8) is 0 Å². The molecule has 0 aliphatic carbocycles. The van der Waals surface area contributed by atoms with Crippen LogP contribution in [0.25, 0.3) is 0 Å². The first-order valence-electron chi connectivity index (χ1n) is 6.17. The van der Waals surface area contributed by atoms with Crippen LogP contribution >= 0.6 is 0 Å². The minimum atomic E-state index is -0.473. The van der Waals surface area contributed by atoms with Crippen molar-refractivity contribution in [3.05, 3.63) is 0 Å². The molecular weight excluding hydrogens is 202 g/mol. The summed E-state index contributed by atoms with van der Waals surface area (Å²) in [5.74, 6) is -0.122. The Labute approximate surface area is 99.1 Å². The summed E-state index contributed by atoms with van der Waals surface area (Å²) in [6.45, 7) is 10.4. The second-order valence-corrected chi connectivity index (χ2v) is 5.72. The predicted octanol–water partition coefficient (Wildman–Crippen LogP) is 2.45. The van der Waals surface area contributed by atoms with Crippen molar-refractivity contribution < 1.29 is 9.53 Å². The standard InChI is InChI=1S/C13H25NO2/c1-12(2,11(15)16-5)13(3,4)14-9-7-6-8-10-14/h6-10H2,1-5H3. The molecule has 94 valence electrons. The highest BCUT2D eigenvalue weighted by Crippen LogP contribution is 2.38. The number of hydrogen-bond donors (Lipinski definition) is 0. The molecule has 3 heteroatoms. The van der Waals surface area contributed by atoms with Crippen molar-refractivity contribution in [2.24, 2.45) is 5.41 Å². The summed E-state index contributed by atoms with van der Waals surface area (Å²) in [6.07, 6.45) is 3.78. The van der Waals surface area contributed by atoms with Crippen LogP contribution in [0.1, 0.15) is 47.0 Å². The molecule has 0 atom stereocenters. The Bertz CT molecular complexity index is 253. The minimum absolute atomic E-state index is 0.122. The number of likely N-dealkylation sites (tertiary alicyclic amines) is 1. The molecule has 3 nitrogen and oxygen atoms in total. The summed E-state index contributed by atoms with van der Waals surface area (Å²) in [5, 5.41) is 0. The summed E-state index contributed by atoms with van der Waals surface area (Å²) in [4.78, 5) is 14.3. The molecule has 0 aromatic heterocycles. The van der Waals surface area contributed by atoms with E-state index in [9.17, 15) is 4.79 Å². The van der Waals surface area contributed by atoms with E-state index in [1.165, 1.54) is 26.4 Å². The lowest BCUT2D eigenvalue weighted by Crippen LogP contribution is -2.58. The van der Waals surface area contributed by atoms with Crippen LogP contribution in [0.3, 0.4) is 0 Å². The summed E-state index contributed by atoms with van der Waals surface area (Å²) >= 11 is 0. The lowest BCUT2D eigenvalue weighted by Gasteiger charge is -2.49.